The van der Waals surface area contributed by atoms with E-state index in [1.54, 1.807) is 42.5 Å². The Kier molecular flexibility index (Phi) is 7.12. The predicted octanol–water partition coefficient (Wildman–Crippen LogP) is 11.4. The molecule has 0 bridgehead atoms. The van der Waals surface area contributed by atoms with E-state index in [0.717, 1.165) is 32.3 Å². The van der Waals surface area contributed by atoms with Crippen molar-refractivity contribution in [3.05, 3.63) is 103 Å². The lowest BCUT2D eigenvalue weighted by atomic mass is 9.90. The topological polar surface area (TPSA) is 18.5 Å². The lowest BCUT2D eigenvalue weighted by molar-refractivity contribution is -0.458. The first-order chi connectivity index (χ1) is 20.8. The third kappa shape index (κ3) is 4.50. The summed E-state index contributed by atoms with van der Waals surface area (Å²) in [6, 6.07) is 29.8. The van der Waals surface area contributed by atoms with Gasteiger partial charge in [0.15, 0.2) is 0 Å². The van der Waals surface area contributed by atoms with Crippen LogP contribution in [0.4, 0.5) is 39.6 Å². The minimum atomic E-state index is -6.94. The van der Waals surface area contributed by atoms with Gasteiger partial charge in [-0.25, -0.2) is 0 Å². The second-order valence-corrected chi connectivity index (χ2v) is 10.8. The highest BCUT2D eigenvalue weighted by Crippen LogP contribution is 2.57. The molecule has 6 rings (SSSR count). The van der Waals surface area contributed by atoms with Gasteiger partial charge in [0.1, 0.15) is 17.8 Å². The summed E-state index contributed by atoms with van der Waals surface area (Å²) >= 11 is -1.42. The number of hydrogen-bond donors (Lipinski definition) is 0. The molecule has 0 heterocycles. The van der Waals surface area contributed by atoms with E-state index in [9.17, 15) is 39.6 Å². The van der Waals surface area contributed by atoms with Crippen LogP contribution in [0.25, 0.3) is 54.2 Å². The van der Waals surface area contributed by atoms with E-state index in [-0.39, 0.29) is 5.56 Å². The van der Waals surface area contributed by atoms with E-state index in [1.807, 2.05) is 53.5 Å². The summed E-state index contributed by atoms with van der Waals surface area (Å²) in [6.07, 6.45) is -6.91. The van der Waals surface area contributed by atoms with E-state index in [2.05, 4.69) is 0 Å². The molecule has 1 atom stereocenters. The van der Waals surface area contributed by atoms with Gasteiger partial charge in [-0.2, -0.15) is 35.1 Å². The quantitative estimate of drug-likeness (QED) is 0.0987. The molecule has 12 heteroatoms. The monoisotopic (exact) mass is 636 g/mol. The molecule has 0 aliphatic carbocycles. The molecule has 0 saturated heterocycles. The van der Waals surface area contributed by atoms with Crippen LogP contribution in [0.1, 0.15) is 0 Å². The number of fused-ring (bicyclic) bond motifs is 7. The first-order valence-electron chi connectivity index (χ1n) is 12.8. The van der Waals surface area contributed by atoms with Gasteiger partial charge in [-0.1, -0.05) is 91.0 Å². The normalized spacial score (nSPS) is 14.4. The van der Waals surface area contributed by atoms with Gasteiger partial charge in [-0.3, -0.25) is 0 Å². The molecule has 2 nitrogen and oxygen atoms in total. The van der Waals surface area contributed by atoms with E-state index in [1.165, 1.54) is 12.1 Å². The summed E-state index contributed by atoms with van der Waals surface area (Å²) in [6.45, 7) is 0. The third-order valence-corrected chi connectivity index (χ3v) is 8.14. The van der Waals surface area contributed by atoms with Crippen molar-refractivity contribution in [1.82, 2.24) is 0 Å². The van der Waals surface area contributed by atoms with E-state index in [4.69, 9.17) is 4.18 Å². The number of hydrogen-bond acceptors (Lipinski definition) is 3. The van der Waals surface area contributed by atoms with Crippen LogP contribution in [0, 0.1) is 0 Å². The molecule has 6 aromatic carbocycles. The zero-order valence-corrected chi connectivity index (χ0v) is 22.8. The van der Waals surface area contributed by atoms with Crippen LogP contribution in [-0.2, 0) is 4.94 Å². The summed E-state index contributed by atoms with van der Waals surface area (Å²) in [4.78, 5) is 2.00. The van der Waals surface area contributed by atoms with Gasteiger partial charge >= 0.3 is 23.2 Å². The summed E-state index contributed by atoms with van der Waals surface area (Å²) in [7, 11) is 0. The molecule has 0 spiro atoms. The standard InChI is InChI=1S/C32H17F9O2S/c33-29(34,31(36,37)38)30(35,43-41)32(39,40)44-42-27-16-14-18-7-1-2-8-20(18)28(27)19-13-15-25-23-11-4-3-9-21(23)22-10-5-6-12-24(22)26(25)17-19/h1-17H. The highest BCUT2D eigenvalue weighted by molar-refractivity contribution is 7.96. The van der Waals surface area contributed by atoms with Crippen molar-refractivity contribution in [3.63, 3.8) is 0 Å². The molecule has 0 aliphatic rings. The van der Waals surface area contributed by atoms with E-state index < -0.39 is 41.0 Å². The Labute approximate surface area is 247 Å². The molecule has 0 fully saturated rings. The third-order valence-electron chi connectivity index (χ3n) is 7.40. The van der Waals surface area contributed by atoms with Crippen molar-refractivity contribution < 1.29 is 48.8 Å². The number of alkyl halides is 8. The molecule has 0 aliphatic heterocycles. The van der Waals surface area contributed by atoms with Crippen LogP contribution < -0.4 is 4.18 Å². The summed E-state index contributed by atoms with van der Waals surface area (Å²) in [5.41, 5.74) is 0.557. The SMILES string of the molecule is FOC(F)(C(F)(F)SOc1ccc2ccccc2c1-c1ccc2c3ccccc3c3ccccc3c2c1)C(F)(F)C(F)(F)F. The number of benzene rings is 6. The Morgan fingerprint density at radius 2 is 1.02 bits per heavy atom. The van der Waals surface area contributed by atoms with Crippen molar-refractivity contribution in [2.75, 3.05) is 0 Å². The predicted molar refractivity (Wildman–Crippen MR) is 152 cm³/mol. The fraction of sp³-hybridized carbons (Fsp3) is 0.125. The van der Waals surface area contributed by atoms with Crippen molar-refractivity contribution in [2.24, 2.45) is 0 Å². The van der Waals surface area contributed by atoms with E-state index >= 15 is 0 Å². The molecule has 0 aromatic heterocycles. The maximum Gasteiger partial charge on any atom is 0.459 e. The van der Waals surface area contributed by atoms with Gasteiger partial charge < -0.3 is 4.18 Å². The van der Waals surface area contributed by atoms with Crippen molar-refractivity contribution in [1.29, 1.82) is 0 Å². The molecular weight excluding hydrogens is 619 g/mol. The molecule has 0 amide bonds. The maximum atomic E-state index is 14.7. The van der Waals surface area contributed by atoms with Crippen LogP contribution in [-0.4, -0.2) is 23.2 Å². The average Bonchev–Trinajstić information content (AvgIpc) is 3.02. The minimum Gasteiger partial charge on any atom is -0.419 e. The molecule has 0 N–H and O–H groups in total. The molecule has 0 saturated carbocycles. The van der Waals surface area contributed by atoms with Crippen LogP contribution in [0.2, 0.25) is 0 Å². The zero-order valence-electron chi connectivity index (χ0n) is 21.9. The van der Waals surface area contributed by atoms with E-state index in [0.29, 0.717) is 16.3 Å². The Bertz CT molecular complexity index is 2010. The first-order valence-corrected chi connectivity index (χ1v) is 13.6. The second kappa shape index (κ2) is 10.5. The Morgan fingerprint density at radius 1 is 0.523 bits per heavy atom. The Morgan fingerprint density at radius 3 is 1.57 bits per heavy atom. The first kappa shape index (κ1) is 29.9. The van der Waals surface area contributed by atoms with Crippen LogP contribution in [0.15, 0.2) is 103 Å². The molecular formula is C32H17F9O2S. The van der Waals surface area contributed by atoms with Crippen molar-refractivity contribution in [2.45, 2.75) is 23.2 Å². The highest BCUT2D eigenvalue weighted by Gasteiger charge is 2.84. The van der Waals surface area contributed by atoms with Gasteiger partial charge in [0, 0.05) is 5.56 Å². The summed E-state index contributed by atoms with van der Waals surface area (Å²) in [5, 5.41) is 0.525. The van der Waals surface area contributed by atoms with Gasteiger partial charge in [0.2, 0.25) is 0 Å². The summed E-state index contributed by atoms with van der Waals surface area (Å²) in [5.74, 6) is -13.8. The van der Waals surface area contributed by atoms with Gasteiger partial charge in [0.25, 0.3) is 0 Å². The van der Waals surface area contributed by atoms with Crippen LogP contribution in [0.5, 0.6) is 5.75 Å². The van der Waals surface area contributed by atoms with Gasteiger partial charge in [-0.05, 0) is 65.3 Å². The van der Waals surface area contributed by atoms with Crippen LogP contribution in [0.3, 0.4) is 0 Å². The minimum absolute atomic E-state index is 0.152. The molecule has 226 valence electrons. The second-order valence-electron chi connectivity index (χ2n) is 9.94. The van der Waals surface area contributed by atoms with Crippen LogP contribution >= 0.6 is 12.0 Å². The van der Waals surface area contributed by atoms with Crippen molar-refractivity contribution in [3.8, 4) is 16.9 Å². The fourth-order valence-corrected chi connectivity index (χ4v) is 5.89. The summed E-state index contributed by atoms with van der Waals surface area (Å²) < 4.78 is 127. The largest absolute Gasteiger partial charge is 0.459 e. The lowest BCUT2D eigenvalue weighted by Gasteiger charge is -2.34. The van der Waals surface area contributed by atoms with Crippen molar-refractivity contribution >= 4 is 55.1 Å². The molecule has 1 unspecified atom stereocenters. The average molecular weight is 637 g/mol. The fourth-order valence-electron chi connectivity index (χ4n) is 5.29. The number of halogens is 9. The van der Waals surface area contributed by atoms with Gasteiger partial charge in [0.05, 0.1) is 0 Å². The molecule has 44 heavy (non-hydrogen) atoms. The number of rotatable bonds is 7. The smallest absolute Gasteiger partial charge is 0.419 e. The highest BCUT2D eigenvalue weighted by atomic mass is 32.2. The lowest BCUT2D eigenvalue weighted by Crippen LogP contribution is -2.63. The zero-order chi connectivity index (χ0) is 31.5. The molecule has 0 radical (unpaired) electrons. The Hall–Kier alpha value is -4.16. The molecule has 6 aromatic rings. The maximum absolute atomic E-state index is 14.7. The van der Waals surface area contributed by atoms with Gasteiger partial charge in [-0.15, -0.1) is 4.94 Å². The Balaban J connectivity index is 1.52.